The van der Waals surface area contributed by atoms with Gasteiger partial charge in [0.05, 0.1) is 12.5 Å². The van der Waals surface area contributed by atoms with Crippen LogP contribution in [0.3, 0.4) is 0 Å². The lowest BCUT2D eigenvalue weighted by Crippen LogP contribution is -2.57. The van der Waals surface area contributed by atoms with E-state index in [1.807, 2.05) is 0 Å². The van der Waals surface area contributed by atoms with Gasteiger partial charge in [-0.1, -0.05) is 26.0 Å². The van der Waals surface area contributed by atoms with Gasteiger partial charge in [0.15, 0.2) is 0 Å². The van der Waals surface area contributed by atoms with Crippen molar-refractivity contribution >= 4 is 31.5 Å². The van der Waals surface area contributed by atoms with Crippen LogP contribution < -0.4 is 32.4 Å². The van der Waals surface area contributed by atoms with Crippen LogP contribution in [0.25, 0.3) is 0 Å². The van der Waals surface area contributed by atoms with E-state index in [-0.39, 0.29) is 12.2 Å². The number of phosphoric acid groups is 1. The van der Waals surface area contributed by atoms with Gasteiger partial charge in [0.25, 0.3) is 0 Å². The highest BCUT2D eigenvalue weighted by Gasteiger charge is 2.30. The van der Waals surface area contributed by atoms with Crippen molar-refractivity contribution < 1.29 is 38.1 Å². The molecular weight excluding hydrogens is 445 g/mol. The number of hydrogen-bond acceptors (Lipinski definition) is 7. The molecule has 4 amide bonds. The summed E-state index contributed by atoms with van der Waals surface area (Å²) in [5.41, 5.74) is 16.7. The van der Waals surface area contributed by atoms with Crippen molar-refractivity contribution in [1.29, 1.82) is 0 Å². The molecule has 0 bridgehead atoms. The topological polar surface area (TPSA) is 237 Å². The second kappa shape index (κ2) is 11.6. The molecule has 0 aliphatic carbocycles. The zero-order valence-electron chi connectivity index (χ0n) is 17.6. The van der Waals surface area contributed by atoms with Crippen molar-refractivity contribution in [3.63, 3.8) is 0 Å². The lowest BCUT2D eigenvalue weighted by molar-refractivity contribution is -0.133. The van der Waals surface area contributed by atoms with Gasteiger partial charge in [-0.05, 0) is 30.0 Å². The van der Waals surface area contributed by atoms with E-state index >= 15 is 0 Å². The molecule has 10 N–H and O–H groups in total. The van der Waals surface area contributed by atoms with Gasteiger partial charge in [0.1, 0.15) is 17.8 Å². The van der Waals surface area contributed by atoms with Gasteiger partial charge in [-0.25, -0.2) is 4.57 Å². The van der Waals surface area contributed by atoms with Crippen LogP contribution >= 0.6 is 7.82 Å². The average Bonchev–Trinajstić information content (AvgIpc) is 2.64. The number of rotatable bonds is 12. The van der Waals surface area contributed by atoms with E-state index in [0.717, 1.165) is 0 Å². The molecule has 0 aliphatic heterocycles. The molecule has 0 aromatic heterocycles. The molecule has 3 atom stereocenters. The Labute approximate surface area is 184 Å². The van der Waals surface area contributed by atoms with Gasteiger partial charge in [0, 0.05) is 0 Å². The highest BCUT2D eigenvalue weighted by Crippen LogP contribution is 2.37. The van der Waals surface area contributed by atoms with Crippen molar-refractivity contribution in [2.75, 3.05) is 0 Å². The van der Waals surface area contributed by atoms with Crippen molar-refractivity contribution in [1.82, 2.24) is 10.6 Å². The molecule has 1 aromatic carbocycles. The summed E-state index contributed by atoms with van der Waals surface area (Å²) in [5, 5.41) is 4.80. The fourth-order valence-electron chi connectivity index (χ4n) is 2.65. The maximum absolute atomic E-state index is 12.5. The van der Waals surface area contributed by atoms with E-state index in [0.29, 0.717) is 5.56 Å². The molecule has 32 heavy (non-hydrogen) atoms. The highest BCUT2D eigenvalue weighted by molar-refractivity contribution is 7.46. The zero-order chi connectivity index (χ0) is 24.6. The summed E-state index contributed by atoms with van der Waals surface area (Å²) >= 11 is 0. The summed E-state index contributed by atoms with van der Waals surface area (Å²) in [4.78, 5) is 65.1. The molecule has 1 aromatic rings. The molecule has 0 heterocycles. The predicted molar refractivity (Wildman–Crippen MR) is 112 cm³/mol. The molecule has 14 heteroatoms. The molecule has 1 rings (SSSR count). The van der Waals surface area contributed by atoms with Gasteiger partial charge in [-0.3, -0.25) is 29.0 Å². The summed E-state index contributed by atoms with van der Waals surface area (Å²) in [6.07, 6.45) is -0.429. The Morgan fingerprint density at radius 1 is 1.03 bits per heavy atom. The molecule has 0 radical (unpaired) electrons. The fraction of sp³-hybridized carbons (Fsp3) is 0.444. The Morgan fingerprint density at radius 3 is 2.03 bits per heavy atom. The first-order chi connectivity index (χ1) is 14.7. The lowest BCUT2D eigenvalue weighted by Gasteiger charge is -2.25. The third kappa shape index (κ3) is 9.43. The molecule has 13 nitrogen and oxygen atoms in total. The molecule has 0 saturated heterocycles. The van der Waals surface area contributed by atoms with Crippen LogP contribution in [0.4, 0.5) is 0 Å². The molecular formula is C18H28N5O8P. The quantitative estimate of drug-likeness (QED) is 0.166. The number of primary amides is 2. The Hall–Kier alpha value is -2.99. The fourth-order valence-corrected chi connectivity index (χ4v) is 3.05. The third-order valence-corrected chi connectivity index (χ3v) is 4.70. The van der Waals surface area contributed by atoms with Crippen molar-refractivity contribution in [3.8, 4) is 5.75 Å². The zero-order valence-corrected chi connectivity index (χ0v) is 18.5. The van der Waals surface area contributed by atoms with Crippen molar-refractivity contribution in [2.24, 2.45) is 23.1 Å². The number of amides is 4. The molecule has 0 aliphatic rings. The SMILES string of the molecule is CC(C)[C@H](NC(=O)[C@@H](N)Cc1ccc(OP(=O)(O)O)cc1)C(=O)N[C@@H](CC(N)=O)C(N)=O. The third-order valence-electron chi connectivity index (χ3n) is 4.25. The van der Waals surface area contributed by atoms with E-state index in [1.54, 1.807) is 13.8 Å². The van der Waals surface area contributed by atoms with Gasteiger partial charge < -0.3 is 32.4 Å². The van der Waals surface area contributed by atoms with Crippen LogP contribution in [0.5, 0.6) is 5.75 Å². The van der Waals surface area contributed by atoms with E-state index in [9.17, 15) is 23.7 Å². The standard InChI is InChI=1S/C18H28N5O8P/c1-9(2)15(18(27)22-13(16(21)25)8-14(20)24)23-17(26)12(19)7-10-3-5-11(6-4-10)31-32(28,29)30/h3-6,9,12-13,15H,7-8,19H2,1-2H3,(H2,20,24)(H2,21,25)(H,22,27)(H,23,26)(H2,28,29,30)/t12-,13-,15-/m0/s1. The predicted octanol–water partition coefficient (Wildman–Crippen LogP) is -1.99. The van der Waals surface area contributed by atoms with Gasteiger partial charge in [-0.2, -0.15) is 0 Å². The minimum atomic E-state index is -4.69. The number of benzene rings is 1. The molecule has 0 fully saturated rings. The highest BCUT2D eigenvalue weighted by atomic mass is 31.2. The molecule has 0 spiro atoms. The Bertz CT molecular complexity index is 886. The normalized spacial score (nSPS) is 14.2. The van der Waals surface area contributed by atoms with Gasteiger partial charge in [0.2, 0.25) is 23.6 Å². The number of nitrogens with one attached hydrogen (secondary N) is 2. The van der Waals surface area contributed by atoms with Gasteiger partial charge in [-0.15, -0.1) is 0 Å². The smallest absolute Gasteiger partial charge is 0.404 e. The number of phosphoric ester groups is 1. The number of carbonyl (C=O) groups is 4. The first-order valence-corrected chi connectivity index (χ1v) is 11.0. The van der Waals surface area contributed by atoms with Crippen LogP contribution in [0, 0.1) is 5.92 Å². The Morgan fingerprint density at radius 2 is 1.59 bits per heavy atom. The number of hydrogen-bond donors (Lipinski definition) is 7. The first kappa shape index (κ1) is 27.0. The second-order valence-electron chi connectivity index (χ2n) is 7.40. The molecule has 0 saturated carbocycles. The van der Waals surface area contributed by atoms with Crippen LogP contribution in [-0.2, 0) is 30.2 Å². The minimum Gasteiger partial charge on any atom is -0.404 e. The average molecular weight is 473 g/mol. The first-order valence-electron chi connectivity index (χ1n) is 9.47. The number of carbonyl (C=O) groups excluding carboxylic acids is 4. The largest absolute Gasteiger partial charge is 0.524 e. The minimum absolute atomic E-state index is 0.0556. The maximum atomic E-state index is 12.5. The van der Waals surface area contributed by atoms with E-state index in [1.165, 1.54) is 24.3 Å². The van der Waals surface area contributed by atoms with Crippen LogP contribution in [0.1, 0.15) is 25.8 Å². The Kier molecular flexibility index (Phi) is 9.79. The molecule has 0 unspecified atom stereocenters. The molecule has 178 valence electrons. The monoisotopic (exact) mass is 473 g/mol. The van der Waals surface area contributed by atoms with E-state index in [4.69, 9.17) is 27.0 Å². The van der Waals surface area contributed by atoms with E-state index < -0.39 is 61.9 Å². The summed E-state index contributed by atoms with van der Waals surface area (Å²) in [6.45, 7) is 3.31. The summed E-state index contributed by atoms with van der Waals surface area (Å²) in [6, 6.07) is 2.13. The summed E-state index contributed by atoms with van der Waals surface area (Å²) in [5.74, 6) is -3.62. The maximum Gasteiger partial charge on any atom is 0.524 e. The number of nitrogens with two attached hydrogens (primary N) is 3. The van der Waals surface area contributed by atoms with Crippen molar-refractivity contribution in [3.05, 3.63) is 29.8 Å². The Balaban J connectivity index is 2.78. The lowest BCUT2D eigenvalue weighted by atomic mass is 10.0. The van der Waals surface area contributed by atoms with Crippen molar-refractivity contribution in [2.45, 2.75) is 44.8 Å². The summed E-state index contributed by atoms with van der Waals surface area (Å²) < 4.78 is 15.3. The van der Waals surface area contributed by atoms with Gasteiger partial charge >= 0.3 is 7.82 Å². The van der Waals surface area contributed by atoms with E-state index in [2.05, 4.69) is 15.2 Å². The van der Waals surface area contributed by atoms with Crippen LogP contribution in [0.15, 0.2) is 24.3 Å². The van der Waals surface area contributed by atoms with Crippen LogP contribution in [-0.4, -0.2) is 51.5 Å². The van der Waals surface area contributed by atoms with Crippen LogP contribution in [0.2, 0.25) is 0 Å². The second-order valence-corrected chi connectivity index (χ2v) is 8.56. The summed E-state index contributed by atoms with van der Waals surface area (Å²) in [7, 11) is -4.69.